The van der Waals surface area contributed by atoms with Gasteiger partial charge < -0.3 is 5.73 Å². The molecule has 0 spiro atoms. The first kappa shape index (κ1) is 10.2. The van der Waals surface area contributed by atoms with Crippen molar-refractivity contribution >= 4 is 5.82 Å². The summed E-state index contributed by atoms with van der Waals surface area (Å²) in [5, 5.41) is 4.66. The maximum absolute atomic E-state index is 6.11. The molecule has 1 aromatic heterocycles. The van der Waals surface area contributed by atoms with Crippen molar-refractivity contribution in [3.63, 3.8) is 0 Å². The average Bonchev–Trinajstić information content (AvgIpc) is 2.63. The predicted octanol–water partition coefficient (Wildman–Crippen LogP) is 2.47. The highest BCUT2D eigenvalue weighted by molar-refractivity contribution is 5.47. The summed E-state index contributed by atoms with van der Waals surface area (Å²) >= 11 is 0. The Morgan fingerprint density at radius 1 is 1.38 bits per heavy atom. The highest BCUT2D eigenvalue weighted by Crippen LogP contribution is 2.63. The molecule has 3 rings (SSSR count). The van der Waals surface area contributed by atoms with E-state index in [0.717, 1.165) is 36.4 Å². The van der Waals surface area contributed by atoms with Crippen LogP contribution >= 0.6 is 0 Å². The lowest BCUT2D eigenvalue weighted by Gasteiger charge is -2.03. The van der Waals surface area contributed by atoms with Crippen molar-refractivity contribution in [2.45, 2.75) is 44.9 Å². The van der Waals surface area contributed by atoms with Gasteiger partial charge in [0.1, 0.15) is 5.82 Å². The van der Waals surface area contributed by atoms with E-state index >= 15 is 0 Å². The fourth-order valence-electron chi connectivity index (χ4n) is 3.60. The number of nitrogen functional groups attached to an aromatic ring is 1. The van der Waals surface area contributed by atoms with Crippen LogP contribution in [0.25, 0.3) is 0 Å². The minimum atomic E-state index is 0.749. The fraction of sp³-hybridized carbons (Fsp3) is 0.769. The van der Waals surface area contributed by atoms with Crippen LogP contribution in [0.1, 0.15) is 49.8 Å². The van der Waals surface area contributed by atoms with Crippen molar-refractivity contribution in [1.29, 1.82) is 0 Å². The summed E-state index contributed by atoms with van der Waals surface area (Å²) in [6, 6.07) is 0. The normalized spacial score (nSPS) is 31.8. The maximum atomic E-state index is 6.11. The van der Waals surface area contributed by atoms with Crippen LogP contribution in [0.2, 0.25) is 0 Å². The van der Waals surface area contributed by atoms with E-state index in [1.165, 1.54) is 30.5 Å². The lowest BCUT2D eigenvalue weighted by Crippen LogP contribution is -1.99. The molecule has 0 aromatic carbocycles. The molecule has 3 nitrogen and oxygen atoms in total. The Kier molecular flexibility index (Phi) is 2.23. The molecular weight excluding hydrogens is 198 g/mol. The van der Waals surface area contributed by atoms with Crippen molar-refractivity contribution < 1.29 is 0 Å². The fourth-order valence-corrected chi connectivity index (χ4v) is 3.60. The lowest BCUT2D eigenvalue weighted by molar-refractivity contribution is 0.651. The first-order valence-electron chi connectivity index (χ1n) is 6.55. The van der Waals surface area contributed by atoms with Crippen LogP contribution in [0.4, 0.5) is 5.82 Å². The molecule has 2 N–H and O–H groups in total. The van der Waals surface area contributed by atoms with Crippen molar-refractivity contribution in [1.82, 2.24) is 9.78 Å². The topological polar surface area (TPSA) is 43.8 Å². The van der Waals surface area contributed by atoms with Crippen LogP contribution in [0, 0.1) is 11.8 Å². The standard InChI is InChI=1S/C13H21N3/c1-3-5-10-12(15-16(2)13(10)14)11-8-6-4-7-9(8)11/h8-9,11H,3-7,14H2,1-2H3. The molecule has 2 aliphatic carbocycles. The van der Waals surface area contributed by atoms with Gasteiger partial charge >= 0.3 is 0 Å². The zero-order chi connectivity index (χ0) is 11.3. The molecular formula is C13H21N3. The number of aromatic nitrogens is 2. The van der Waals surface area contributed by atoms with Crippen molar-refractivity contribution in [3.8, 4) is 0 Å². The summed E-state index contributed by atoms with van der Waals surface area (Å²) < 4.78 is 1.87. The van der Waals surface area contributed by atoms with Gasteiger partial charge in [-0.2, -0.15) is 5.10 Å². The number of nitrogens with two attached hydrogens (primary N) is 1. The van der Waals surface area contributed by atoms with Gasteiger partial charge in [0.2, 0.25) is 0 Å². The van der Waals surface area contributed by atoms with Gasteiger partial charge in [0.15, 0.2) is 0 Å². The zero-order valence-electron chi connectivity index (χ0n) is 10.2. The molecule has 2 atom stereocenters. The molecule has 3 heteroatoms. The average molecular weight is 219 g/mol. The molecule has 0 radical (unpaired) electrons. The van der Waals surface area contributed by atoms with Crippen molar-refractivity contribution in [2.75, 3.05) is 5.73 Å². The summed E-state index contributed by atoms with van der Waals surface area (Å²) in [5.74, 6) is 3.51. The smallest absolute Gasteiger partial charge is 0.124 e. The minimum absolute atomic E-state index is 0.749. The number of nitrogens with zero attached hydrogens (tertiary/aromatic N) is 2. The van der Waals surface area contributed by atoms with E-state index in [4.69, 9.17) is 5.73 Å². The van der Waals surface area contributed by atoms with Crippen LogP contribution in [0.5, 0.6) is 0 Å². The molecule has 2 aliphatic rings. The second-order valence-electron chi connectivity index (χ2n) is 5.41. The third-order valence-corrected chi connectivity index (χ3v) is 4.45. The summed E-state index contributed by atoms with van der Waals surface area (Å²) in [6.45, 7) is 2.21. The van der Waals surface area contributed by atoms with Gasteiger partial charge in [0, 0.05) is 18.5 Å². The second kappa shape index (κ2) is 3.51. The molecule has 0 saturated heterocycles. The van der Waals surface area contributed by atoms with E-state index in [9.17, 15) is 0 Å². The quantitative estimate of drug-likeness (QED) is 0.848. The summed E-state index contributed by atoms with van der Waals surface area (Å²) in [5.41, 5.74) is 8.77. The largest absolute Gasteiger partial charge is 0.384 e. The monoisotopic (exact) mass is 219 g/mol. The Bertz CT molecular complexity index is 398. The number of anilines is 1. The first-order chi connectivity index (χ1) is 7.74. The van der Waals surface area contributed by atoms with Crippen LogP contribution in [-0.4, -0.2) is 9.78 Å². The molecule has 1 heterocycles. The predicted molar refractivity (Wildman–Crippen MR) is 65.2 cm³/mol. The number of fused-ring (bicyclic) bond motifs is 1. The molecule has 1 aromatic rings. The Hall–Kier alpha value is -0.990. The van der Waals surface area contributed by atoms with Crippen LogP contribution < -0.4 is 5.73 Å². The van der Waals surface area contributed by atoms with Crippen LogP contribution in [0.15, 0.2) is 0 Å². The van der Waals surface area contributed by atoms with Gasteiger partial charge in [-0.3, -0.25) is 4.68 Å². The molecule has 16 heavy (non-hydrogen) atoms. The Balaban J connectivity index is 1.92. The molecule has 2 saturated carbocycles. The van der Waals surface area contributed by atoms with Gasteiger partial charge in [-0.25, -0.2) is 0 Å². The van der Waals surface area contributed by atoms with E-state index in [-0.39, 0.29) is 0 Å². The summed E-state index contributed by atoms with van der Waals surface area (Å²) in [4.78, 5) is 0. The van der Waals surface area contributed by atoms with Gasteiger partial charge in [-0.1, -0.05) is 19.8 Å². The third-order valence-electron chi connectivity index (χ3n) is 4.45. The molecule has 2 unspecified atom stereocenters. The Morgan fingerprint density at radius 2 is 2.06 bits per heavy atom. The van der Waals surface area contributed by atoms with E-state index in [2.05, 4.69) is 12.0 Å². The molecule has 88 valence electrons. The highest BCUT2D eigenvalue weighted by atomic mass is 15.3. The summed E-state index contributed by atoms with van der Waals surface area (Å²) in [6.07, 6.45) is 6.50. The maximum Gasteiger partial charge on any atom is 0.124 e. The van der Waals surface area contributed by atoms with Gasteiger partial charge in [0.05, 0.1) is 5.69 Å². The zero-order valence-corrected chi connectivity index (χ0v) is 10.2. The molecule has 2 fully saturated rings. The SMILES string of the molecule is CCCc1c(C2C3CCCC32)nn(C)c1N. The van der Waals surface area contributed by atoms with Crippen molar-refractivity contribution in [2.24, 2.45) is 18.9 Å². The van der Waals surface area contributed by atoms with E-state index in [1.54, 1.807) is 0 Å². The highest BCUT2D eigenvalue weighted by Gasteiger charge is 2.55. The first-order valence-corrected chi connectivity index (χ1v) is 6.55. The number of hydrogen-bond donors (Lipinski definition) is 1. The number of aryl methyl sites for hydroxylation is 1. The minimum Gasteiger partial charge on any atom is -0.384 e. The van der Waals surface area contributed by atoms with Gasteiger partial charge in [-0.15, -0.1) is 0 Å². The van der Waals surface area contributed by atoms with Gasteiger partial charge in [0.25, 0.3) is 0 Å². The lowest BCUT2D eigenvalue weighted by atomic mass is 10.0. The Labute approximate surface area is 97.0 Å². The molecule has 0 bridgehead atoms. The van der Waals surface area contributed by atoms with Crippen molar-refractivity contribution in [3.05, 3.63) is 11.3 Å². The van der Waals surface area contributed by atoms with Gasteiger partial charge in [-0.05, 0) is 31.1 Å². The molecule has 0 aliphatic heterocycles. The van der Waals surface area contributed by atoms with Crippen LogP contribution in [0.3, 0.4) is 0 Å². The number of hydrogen-bond acceptors (Lipinski definition) is 2. The number of rotatable bonds is 3. The van der Waals surface area contributed by atoms with E-state index in [1.807, 2.05) is 11.7 Å². The Morgan fingerprint density at radius 3 is 2.69 bits per heavy atom. The summed E-state index contributed by atoms with van der Waals surface area (Å²) in [7, 11) is 1.97. The van der Waals surface area contributed by atoms with Crippen LogP contribution in [-0.2, 0) is 13.5 Å². The van der Waals surface area contributed by atoms with E-state index in [0.29, 0.717) is 0 Å². The third kappa shape index (κ3) is 1.30. The molecule has 0 amide bonds. The van der Waals surface area contributed by atoms with E-state index < -0.39 is 0 Å². The second-order valence-corrected chi connectivity index (χ2v) is 5.41.